The Morgan fingerprint density at radius 1 is 1.14 bits per heavy atom. The van der Waals surface area contributed by atoms with Crippen LogP contribution in [-0.2, 0) is 11.3 Å². The van der Waals surface area contributed by atoms with E-state index >= 15 is 0 Å². The predicted molar refractivity (Wildman–Crippen MR) is 112 cm³/mol. The van der Waals surface area contributed by atoms with Gasteiger partial charge in [-0.15, -0.1) is 0 Å². The molecule has 0 saturated carbocycles. The number of likely N-dealkylation sites (N-methyl/N-ethyl adjacent to an activating group) is 1. The van der Waals surface area contributed by atoms with Crippen LogP contribution in [0.1, 0.15) is 38.1 Å². The van der Waals surface area contributed by atoms with Crippen molar-refractivity contribution in [1.82, 2.24) is 15.0 Å². The van der Waals surface area contributed by atoms with Crippen molar-refractivity contribution < 1.29 is 14.1 Å². The second-order valence-corrected chi connectivity index (χ2v) is 7.55. The lowest BCUT2D eigenvalue weighted by molar-refractivity contribution is -0.137. The second-order valence-electron chi connectivity index (χ2n) is 7.14. The molecule has 3 aromatic rings. The van der Waals surface area contributed by atoms with Crippen LogP contribution in [0.25, 0.3) is 11.4 Å². The molecular formula is C22H24ClN3O3. The molecule has 0 aliphatic carbocycles. The number of ether oxygens (including phenoxy) is 1. The number of rotatable bonds is 7. The van der Waals surface area contributed by atoms with E-state index in [1.165, 1.54) is 4.90 Å². The van der Waals surface area contributed by atoms with E-state index in [2.05, 4.69) is 24.0 Å². The van der Waals surface area contributed by atoms with E-state index in [1.807, 2.05) is 42.5 Å². The summed E-state index contributed by atoms with van der Waals surface area (Å²) in [5, 5.41) is 4.50. The van der Waals surface area contributed by atoms with E-state index in [9.17, 15) is 4.79 Å². The van der Waals surface area contributed by atoms with E-state index < -0.39 is 6.10 Å². The number of carbonyl (C=O) groups excluding carboxylic acids is 1. The van der Waals surface area contributed by atoms with Gasteiger partial charge in [-0.05, 0) is 36.6 Å². The molecule has 2 aromatic carbocycles. The summed E-state index contributed by atoms with van der Waals surface area (Å²) in [5.41, 5.74) is 1.75. The highest BCUT2D eigenvalue weighted by Gasteiger charge is 2.23. The van der Waals surface area contributed by atoms with E-state index in [4.69, 9.17) is 20.9 Å². The summed E-state index contributed by atoms with van der Waals surface area (Å²) in [6, 6.07) is 15.0. The van der Waals surface area contributed by atoms with Crippen LogP contribution in [0.15, 0.2) is 53.1 Å². The number of benzene rings is 2. The molecule has 0 saturated heterocycles. The Hall–Kier alpha value is -2.86. The summed E-state index contributed by atoms with van der Waals surface area (Å²) in [6.07, 6.45) is -0.647. The van der Waals surface area contributed by atoms with E-state index in [0.717, 1.165) is 11.3 Å². The Kier molecular flexibility index (Phi) is 6.54. The van der Waals surface area contributed by atoms with Crippen molar-refractivity contribution in [2.24, 2.45) is 0 Å². The molecule has 0 bridgehead atoms. The van der Waals surface area contributed by atoms with Gasteiger partial charge in [-0.1, -0.05) is 60.9 Å². The molecule has 0 spiro atoms. The Balaban J connectivity index is 1.66. The lowest BCUT2D eigenvalue weighted by Crippen LogP contribution is -2.37. The van der Waals surface area contributed by atoms with Gasteiger partial charge >= 0.3 is 0 Å². The van der Waals surface area contributed by atoms with Crippen LogP contribution in [0.2, 0.25) is 5.02 Å². The summed E-state index contributed by atoms with van der Waals surface area (Å²) in [4.78, 5) is 18.6. The average Bonchev–Trinajstić information content (AvgIpc) is 3.16. The Labute approximate surface area is 175 Å². The molecule has 6 nitrogen and oxygen atoms in total. The number of amides is 1. The highest BCUT2D eigenvalue weighted by Crippen LogP contribution is 2.27. The van der Waals surface area contributed by atoms with Crippen LogP contribution in [0.4, 0.5) is 0 Å². The maximum Gasteiger partial charge on any atom is 0.263 e. The summed E-state index contributed by atoms with van der Waals surface area (Å²) >= 11 is 6.17. The monoisotopic (exact) mass is 413 g/mol. The molecule has 0 unspecified atom stereocenters. The number of nitrogens with zero attached hydrogens (tertiary/aromatic N) is 3. The Bertz CT molecular complexity index is 987. The molecule has 0 N–H and O–H groups in total. The molecule has 1 amide bonds. The Morgan fingerprint density at radius 2 is 1.83 bits per heavy atom. The molecule has 3 rings (SSSR count). The van der Waals surface area contributed by atoms with Crippen molar-refractivity contribution in [3.63, 3.8) is 0 Å². The van der Waals surface area contributed by atoms with Gasteiger partial charge in [-0.3, -0.25) is 4.79 Å². The molecule has 0 aliphatic rings. The summed E-state index contributed by atoms with van der Waals surface area (Å²) in [7, 11) is 1.68. The fourth-order valence-electron chi connectivity index (χ4n) is 2.97. The lowest BCUT2D eigenvalue weighted by Gasteiger charge is -2.22. The van der Waals surface area contributed by atoms with Crippen LogP contribution in [0.3, 0.4) is 0 Å². The zero-order chi connectivity index (χ0) is 21.0. The number of carbonyl (C=O) groups is 1. The van der Waals surface area contributed by atoms with Crippen molar-refractivity contribution in [2.75, 3.05) is 7.05 Å². The van der Waals surface area contributed by atoms with E-state index in [0.29, 0.717) is 28.2 Å². The van der Waals surface area contributed by atoms with Gasteiger partial charge in [0, 0.05) is 12.6 Å². The topological polar surface area (TPSA) is 68.5 Å². The smallest absolute Gasteiger partial charge is 0.263 e. The normalized spacial score (nSPS) is 12.1. The van der Waals surface area contributed by atoms with E-state index in [-0.39, 0.29) is 12.5 Å². The minimum atomic E-state index is -0.647. The third-order valence-corrected chi connectivity index (χ3v) is 4.85. The second kappa shape index (κ2) is 9.09. The molecule has 0 radical (unpaired) electrons. The average molecular weight is 414 g/mol. The van der Waals surface area contributed by atoms with Crippen LogP contribution in [-0.4, -0.2) is 34.1 Å². The van der Waals surface area contributed by atoms with Gasteiger partial charge in [0.15, 0.2) is 6.10 Å². The molecule has 29 heavy (non-hydrogen) atoms. The van der Waals surface area contributed by atoms with Gasteiger partial charge in [0.25, 0.3) is 5.91 Å². The largest absolute Gasteiger partial charge is 0.481 e. The quantitative estimate of drug-likeness (QED) is 0.548. The summed E-state index contributed by atoms with van der Waals surface area (Å²) in [5.74, 6) is 1.55. The third kappa shape index (κ3) is 4.95. The molecule has 0 fully saturated rings. The Morgan fingerprint density at radius 3 is 2.55 bits per heavy atom. The standard InChI is InChI=1S/C22H24ClN3O3/c1-14(2)16-9-6-8-12-19(16)28-15(3)22(27)26(4)13-20-24-21(25-29-20)17-10-5-7-11-18(17)23/h5-12,14-15H,13H2,1-4H3/t15-/m0/s1. The first kappa shape index (κ1) is 20.9. The van der Waals surface area contributed by atoms with Crippen molar-refractivity contribution in [2.45, 2.75) is 39.3 Å². The van der Waals surface area contributed by atoms with Crippen LogP contribution in [0, 0.1) is 0 Å². The van der Waals surface area contributed by atoms with Crippen molar-refractivity contribution >= 4 is 17.5 Å². The van der Waals surface area contributed by atoms with Crippen LogP contribution < -0.4 is 4.74 Å². The molecule has 1 aromatic heterocycles. The van der Waals surface area contributed by atoms with Gasteiger partial charge in [0.05, 0.1) is 11.6 Å². The summed E-state index contributed by atoms with van der Waals surface area (Å²) in [6.45, 7) is 6.09. The first-order valence-electron chi connectivity index (χ1n) is 9.45. The van der Waals surface area contributed by atoms with Gasteiger partial charge in [0.1, 0.15) is 5.75 Å². The number of halogens is 1. The molecule has 0 aliphatic heterocycles. The minimum Gasteiger partial charge on any atom is -0.481 e. The van der Waals surface area contributed by atoms with Crippen molar-refractivity contribution in [1.29, 1.82) is 0 Å². The molecular weight excluding hydrogens is 390 g/mol. The molecule has 152 valence electrons. The van der Waals surface area contributed by atoms with Gasteiger partial charge < -0.3 is 14.2 Å². The van der Waals surface area contributed by atoms with Crippen molar-refractivity contribution in [3.05, 3.63) is 65.0 Å². The summed E-state index contributed by atoms with van der Waals surface area (Å²) < 4.78 is 11.2. The first-order chi connectivity index (χ1) is 13.9. The number of aromatic nitrogens is 2. The van der Waals surface area contributed by atoms with Gasteiger partial charge in [-0.25, -0.2) is 0 Å². The van der Waals surface area contributed by atoms with Crippen LogP contribution in [0.5, 0.6) is 5.75 Å². The SMILES string of the molecule is CC(C)c1ccccc1O[C@@H](C)C(=O)N(C)Cc1nc(-c2ccccc2Cl)no1. The molecule has 1 heterocycles. The van der Waals surface area contributed by atoms with E-state index in [1.54, 1.807) is 20.0 Å². The fraction of sp³-hybridized carbons (Fsp3) is 0.318. The van der Waals surface area contributed by atoms with Crippen LogP contribution >= 0.6 is 11.6 Å². The van der Waals surface area contributed by atoms with Gasteiger partial charge in [0.2, 0.25) is 11.7 Å². The highest BCUT2D eigenvalue weighted by atomic mass is 35.5. The predicted octanol–water partition coefficient (Wildman–Crippen LogP) is 4.94. The highest BCUT2D eigenvalue weighted by molar-refractivity contribution is 6.33. The lowest BCUT2D eigenvalue weighted by atomic mass is 10.0. The fourth-order valence-corrected chi connectivity index (χ4v) is 3.19. The maximum atomic E-state index is 12.8. The first-order valence-corrected chi connectivity index (χ1v) is 9.82. The third-order valence-electron chi connectivity index (χ3n) is 4.52. The van der Waals surface area contributed by atoms with Gasteiger partial charge in [-0.2, -0.15) is 4.98 Å². The maximum absolute atomic E-state index is 12.8. The molecule has 1 atom stereocenters. The molecule has 7 heteroatoms. The minimum absolute atomic E-state index is 0.176. The number of hydrogen-bond donors (Lipinski definition) is 0. The zero-order valence-electron chi connectivity index (χ0n) is 16.9. The van der Waals surface area contributed by atoms with Crippen molar-refractivity contribution in [3.8, 4) is 17.1 Å². The number of para-hydroxylation sites is 1. The zero-order valence-corrected chi connectivity index (χ0v) is 17.7. The number of hydrogen-bond acceptors (Lipinski definition) is 5.